The maximum absolute atomic E-state index is 11.7. The van der Waals surface area contributed by atoms with Crippen LogP contribution in [0.2, 0.25) is 10.0 Å². The van der Waals surface area contributed by atoms with Crippen LogP contribution >= 0.6 is 23.2 Å². The molecule has 1 aromatic carbocycles. The predicted octanol–water partition coefficient (Wildman–Crippen LogP) is 2.27. The van der Waals surface area contributed by atoms with Crippen LogP contribution in [0.1, 0.15) is 11.3 Å². The van der Waals surface area contributed by atoms with E-state index in [2.05, 4.69) is 15.1 Å². The van der Waals surface area contributed by atoms with Gasteiger partial charge in [0.1, 0.15) is 18.4 Å². The number of carbonyl (C=O) groups is 1. The zero-order valence-electron chi connectivity index (χ0n) is 12.3. The topological polar surface area (TPSA) is 126 Å². The molecule has 126 valence electrons. The van der Waals surface area contributed by atoms with Crippen molar-refractivity contribution in [2.45, 2.75) is 13.5 Å². The molecule has 0 aliphatic carbocycles. The van der Waals surface area contributed by atoms with Crippen molar-refractivity contribution in [2.75, 3.05) is 0 Å². The van der Waals surface area contributed by atoms with Crippen LogP contribution in [0.4, 0.5) is 5.69 Å². The Kier molecular flexibility index (Phi) is 5.37. The van der Waals surface area contributed by atoms with Crippen LogP contribution in [-0.4, -0.2) is 26.5 Å². The van der Waals surface area contributed by atoms with Gasteiger partial charge in [-0.2, -0.15) is 5.10 Å². The number of nitrogens with zero attached hydrogens (tertiary/aromatic N) is 4. The number of benzene rings is 1. The van der Waals surface area contributed by atoms with E-state index in [1.165, 1.54) is 19.1 Å². The first-order valence-electron chi connectivity index (χ1n) is 6.45. The summed E-state index contributed by atoms with van der Waals surface area (Å²) in [6.45, 7) is 1.11. The minimum Gasteiger partial charge on any atom is -0.380 e. The fraction of sp³-hybridized carbons (Fsp3) is 0.154. The molecule has 0 aliphatic heterocycles. The number of aromatic nitrogens is 2. The molecule has 2 rings (SSSR count). The van der Waals surface area contributed by atoms with Gasteiger partial charge < -0.3 is 10.6 Å². The van der Waals surface area contributed by atoms with E-state index in [4.69, 9.17) is 28.9 Å². The molecule has 0 aliphatic rings. The van der Waals surface area contributed by atoms with Gasteiger partial charge in [-0.3, -0.25) is 14.8 Å². The van der Waals surface area contributed by atoms with E-state index in [0.717, 1.165) is 10.9 Å². The number of carbonyl (C=O) groups excluding carboxylic acids is 1. The molecule has 0 atom stereocenters. The van der Waals surface area contributed by atoms with Gasteiger partial charge in [0.05, 0.1) is 9.95 Å². The highest BCUT2D eigenvalue weighted by molar-refractivity contribution is 6.36. The lowest BCUT2D eigenvalue weighted by Crippen LogP contribution is -2.18. The summed E-state index contributed by atoms with van der Waals surface area (Å²) in [6.07, 6.45) is 1.05. The first-order chi connectivity index (χ1) is 11.3. The molecular formula is C13H11Cl2N5O4. The summed E-state index contributed by atoms with van der Waals surface area (Å²) >= 11 is 11.7. The molecule has 9 nitrogen and oxygen atoms in total. The van der Waals surface area contributed by atoms with Crippen LogP contribution in [0.15, 0.2) is 29.6 Å². The number of hydrogen-bond acceptors (Lipinski definition) is 6. The molecule has 0 spiro atoms. The molecular weight excluding hydrogens is 361 g/mol. The number of hydrogen-bond donors (Lipinski definition) is 1. The Morgan fingerprint density at radius 3 is 2.79 bits per heavy atom. The highest BCUT2D eigenvalue weighted by Gasteiger charge is 2.18. The Morgan fingerprint density at radius 1 is 1.50 bits per heavy atom. The SMILES string of the molecule is Cc1c([N+](=O)[O-])cnn1CC(=O)O/N=C(\N)c1ccc(Cl)cc1Cl. The Morgan fingerprint density at radius 2 is 2.21 bits per heavy atom. The summed E-state index contributed by atoms with van der Waals surface area (Å²) in [5.74, 6) is -0.919. The standard InChI is InChI=1S/C13H11Cl2N5O4/c1-7-11(20(22)23)5-17-19(7)6-12(21)24-18-13(16)9-3-2-8(14)4-10(9)15/h2-5H,6H2,1H3,(H2,16,18). The van der Waals surface area contributed by atoms with Crippen molar-refractivity contribution in [2.24, 2.45) is 10.9 Å². The number of amidine groups is 1. The van der Waals surface area contributed by atoms with E-state index in [1.807, 2.05) is 0 Å². The lowest BCUT2D eigenvalue weighted by atomic mass is 10.2. The normalized spacial score (nSPS) is 11.4. The number of halogens is 2. The van der Waals surface area contributed by atoms with Crippen LogP contribution in [0.25, 0.3) is 0 Å². The Bertz CT molecular complexity index is 834. The van der Waals surface area contributed by atoms with Gasteiger partial charge in [0.15, 0.2) is 5.84 Å². The maximum atomic E-state index is 11.7. The lowest BCUT2D eigenvalue weighted by molar-refractivity contribution is -0.385. The fourth-order valence-electron chi connectivity index (χ4n) is 1.77. The van der Waals surface area contributed by atoms with E-state index in [-0.39, 0.29) is 28.8 Å². The van der Waals surface area contributed by atoms with Gasteiger partial charge in [-0.15, -0.1) is 0 Å². The molecule has 11 heteroatoms. The summed E-state index contributed by atoms with van der Waals surface area (Å²) in [5, 5.41) is 18.6. The van der Waals surface area contributed by atoms with Gasteiger partial charge in [-0.05, 0) is 25.1 Å². The summed E-state index contributed by atoms with van der Waals surface area (Å²) in [5.41, 5.74) is 6.06. The molecule has 0 saturated carbocycles. The van der Waals surface area contributed by atoms with Gasteiger partial charge >= 0.3 is 11.7 Å². The fourth-order valence-corrected chi connectivity index (χ4v) is 2.28. The van der Waals surface area contributed by atoms with Gasteiger partial charge in [-0.1, -0.05) is 28.4 Å². The molecule has 2 N–H and O–H groups in total. The van der Waals surface area contributed by atoms with Gasteiger partial charge in [0, 0.05) is 10.6 Å². The number of nitro groups is 1. The molecule has 0 radical (unpaired) electrons. The smallest absolute Gasteiger partial charge is 0.356 e. The average Bonchev–Trinajstić information content (AvgIpc) is 2.86. The third kappa shape index (κ3) is 4.00. The second-order valence-electron chi connectivity index (χ2n) is 4.59. The lowest BCUT2D eigenvalue weighted by Gasteiger charge is -2.04. The molecule has 0 saturated heterocycles. The quantitative estimate of drug-likeness (QED) is 0.282. The number of nitrogens with two attached hydrogens (primary N) is 1. The summed E-state index contributed by atoms with van der Waals surface area (Å²) in [4.78, 5) is 26.6. The van der Waals surface area contributed by atoms with Crippen molar-refractivity contribution < 1.29 is 14.6 Å². The van der Waals surface area contributed by atoms with Crippen molar-refractivity contribution in [3.8, 4) is 0 Å². The highest BCUT2D eigenvalue weighted by Crippen LogP contribution is 2.20. The van der Waals surface area contributed by atoms with Crippen molar-refractivity contribution in [3.63, 3.8) is 0 Å². The zero-order valence-corrected chi connectivity index (χ0v) is 13.8. The summed E-state index contributed by atoms with van der Waals surface area (Å²) in [6, 6.07) is 4.55. The van der Waals surface area contributed by atoms with Crippen molar-refractivity contribution in [1.82, 2.24) is 9.78 Å². The number of rotatable bonds is 5. The summed E-state index contributed by atoms with van der Waals surface area (Å²) in [7, 11) is 0. The Balaban J connectivity index is 2.06. The monoisotopic (exact) mass is 371 g/mol. The Labute approximate surface area is 145 Å². The third-order valence-corrected chi connectivity index (χ3v) is 3.55. The average molecular weight is 372 g/mol. The van der Waals surface area contributed by atoms with Crippen LogP contribution in [0.5, 0.6) is 0 Å². The minimum absolute atomic E-state index is 0.117. The first-order valence-corrected chi connectivity index (χ1v) is 7.20. The number of oxime groups is 1. The van der Waals surface area contributed by atoms with E-state index < -0.39 is 10.9 Å². The van der Waals surface area contributed by atoms with Gasteiger partial charge in [-0.25, -0.2) is 4.79 Å². The molecule has 24 heavy (non-hydrogen) atoms. The van der Waals surface area contributed by atoms with Gasteiger partial charge in [0.25, 0.3) is 0 Å². The highest BCUT2D eigenvalue weighted by atomic mass is 35.5. The second kappa shape index (κ2) is 7.28. The summed E-state index contributed by atoms with van der Waals surface area (Å²) < 4.78 is 1.13. The first kappa shape index (κ1) is 17.7. The van der Waals surface area contributed by atoms with E-state index in [0.29, 0.717) is 10.6 Å². The van der Waals surface area contributed by atoms with Crippen molar-refractivity contribution >= 4 is 40.7 Å². The van der Waals surface area contributed by atoms with Crippen LogP contribution in [-0.2, 0) is 16.2 Å². The van der Waals surface area contributed by atoms with E-state index in [9.17, 15) is 14.9 Å². The molecule has 0 fully saturated rings. The second-order valence-corrected chi connectivity index (χ2v) is 5.44. The van der Waals surface area contributed by atoms with E-state index >= 15 is 0 Å². The van der Waals surface area contributed by atoms with Crippen molar-refractivity contribution in [1.29, 1.82) is 0 Å². The molecule has 0 bridgehead atoms. The van der Waals surface area contributed by atoms with Crippen LogP contribution in [0.3, 0.4) is 0 Å². The van der Waals surface area contributed by atoms with Crippen LogP contribution in [0, 0.1) is 17.0 Å². The molecule has 1 heterocycles. The molecule has 0 unspecified atom stereocenters. The van der Waals surface area contributed by atoms with Crippen LogP contribution < -0.4 is 5.73 Å². The van der Waals surface area contributed by atoms with Crippen molar-refractivity contribution in [3.05, 3.63) is 55.8 Å². The molecule has 0 amide bonds. The minimum atomic E-state index is -0.802. The maximum Gasteiger partial charge on any atom is 0.356 e. The van der Waals surface area contributed by atoms with E-state index in [1.54, 1.807) is 6.07 Å². The largest absolute Gasteiger partial charge is 0.380 e. The Hall–Kier alpha value is -2.65. The van der Waals surface area contributed by atoms with Gasteiger partial charge in [0.2, 0.25) is 0 Å². The third-order valence-electron chi connectivity index (χ3n) is 3.01. The molecule has 1 aromatic heterocycles. The predicted molar refractivity (Wildman–Crippen MR) is 86.9 cm³/mol. The molecule has 2 aromatic rings. The zero-order chi connectivity index (χ0) is 17.9.